The fraction of sp³-hybridized carbons (Fsp3) is 0.344. The van der Waals surface area contributed by atoms with Crippen molar-refractivity contribution in [1.82, 2.24) is 24.7 Å². The van der Waals surface area contributed by atoms with E-state index in [9.17, 15) is 9.59 Å². The summed E-state index contributed by atoms with van der Waals surface area (Å²) in [5.41, 5.74) is 8.90. The highest BCUT2D eigenvalue weighted by Gasteiger charge is 2.60. The average Bonchev–Trinajstić information content (AvgIpc) is 3.35. The number of rotatable bonds is 5. The topological polar surface area (TPSA) is 127 Å². The molecule has 3 heterocycles. The van der Waals surface area contributed by atoms with Crippen LogP contribution in [-0.4, -0.2) is 36.7 Å². The van der Waals surface area contributed by atoms with Gasteiger partial charge in [0.2, 0.25) is 0 Å². The number of hydrogen-bond acceptors (Lipinski definition) is 6. The molecule has 4 aliphatic carbocycles. The van der Waals surface area contributed by atoms with Crippen LogP contribution in [0.4, 0.5) is 11.6 Å². The predicted molar refractivity (Wildman–Crippen MR) is 156 cm³/mol. The van der Waals surface area contributed by atoms with Gasteiger partial charge in [0.05, 0.1) is 0 Å². The van der Waals surface area contributed by atoms with E-state index < -0.39 is 0 Å². The number of nitrogens with one attached hydrogen (secondary N) is 2. The van der Waals surface area contributed by atoms with Crippen molar-refractivity contribution in [3.05, 3.63) is 72.4 Å². The highest BCUT2D eigenvalue weighted by Crippen LogP contribution is 2.62. The molecule has 206 valence electrons. The van der Waals surface area contributed by atoms with Gasteiger partial charge in [-0.25, -0.2) is 15.0 Å². The molecule has 1 aromatic carbocycles. The van der Waals surface area contributed by atoms with Crippen molar-refractivity contribution < 1.29 is 9.59 Å². The molecule has 4 fully saturated rings. The molecule has 4 aliphatic rings. The monoisotopic (exact) mass is 545 g/mol. The van der Waals surface area contributed by atoms with Crippen LogP contribution in [0.2, 0.25) is 0 Å². The Morgan fingerprint density at radius 2 is 1.80 bits per heavy atom. The number of aromatic nitrogens is 4. The summed E-state index contributed by atoms with van der Waals surface area (Å²) < 4.78 is 2.11. The third-order valence-corrected chi connectivity index (χ3v) is 9.06. The summed E-state index contributed by atoms with van der Waals surface area (Å²) >= 11 is 0. The largest absolute Gasteiger partial charge is 0.382 e. The van der Waals surface area contributed by atoms with Crippen LogP contribution in [0.3, 0.4) is 0 Å². The Labute approximate surface area is 238 Å². The van der Waals surface area contributed by atoms with Crippen LogP contribution in [0.5, 0.6) is 0 Å². The number of amides is 2. The number of nitrogens with zero attached hydrogens (tertiary/aromatic N) is 4. The van der Waals surface area contributed by atoms with Gasteiger partial charge in [-0.3, -0.25) is 14.0 Å². The quantitative estimate of drug-likeness (QED) is 0.320. The number of nitrogen functional groups attached to an aromatic ring is 1. The van der Waals surface area contributed by atoms with E-state index in [-0.39, 0.29) is 22.8 Å². The van der Waals surface area contributed by atoms with Crippen molar-refractivity contribution in [3.8, 4) is 23.1 Å². The standard InChI is InChI=1S/C32H31N7O2/c1-2-5-25(40)38-32-17-20-14-21(18-32)16-31(15-20,19-32)30-37-26(27-28(33)35-12-13-39(27)30)22-7-9-23(10-8-22)29(41)36-24-6-3-4-11-34-24/h3-4,6-13,20-21H,14-19H2,1H3,(H2,33,35)(H,38,40)(H,34,36,41). The fourth-order valence-corrected chi connectivity index (χ4v) is 8.10. The minimum Gasteiger partial charge on any atom is -0.382 e. The SMILES string of the molecule is CC#CC(=O)NC12CC3CC(C1)CC(c1nc(-c4ccc(C(=O)Nc5ccccn5)cc4)c4c(N)nccn14)(C3)C2. The maximum Gasteiger partial charge on any atom is 0.296 e. The average molecular weight is 546 g/mol. The summed E-state index contributed by atoms with van der Waals surface area (Å²) in [6.45, 7) is 1.69. The summed E-state index contributed by atoms with van der Waals surface area (Å²) in [6, 6.07) is 12.7. The van der Waals surface area contributed by atoms with Crippen LogP contribution in [-0.2, 0) is 10.2 Å². The second-order valence-electron chi connectivity index (χ2n) is 11.9. The highest BCUT2D eigenvalue weighted by atomic mass is 16.2. The molecule has 4 bridgehead atoms. The van der Waals surface area contributed by atoms with Crippen LogP contribution in [0.1, 0.15) is 61.6 Å². The second kappa shape index (κ2) is 9.44. The molecule has 4 saturated carbocycles. The minimum absolute atomic E-state index is 0.186. The summed E-state index contributed by atoms with van der Waals surface area (Å²) in [4.78, 5) is 39.3. The second-order valence-corrected chi connectivity index (χ2v) is 11.9. The van der Waals surface area contributed by atoms with E-state index in [1.54, 1.807) is 43.6 Å². The van der Waals surface area contributed by atoms with E-state index in [2.05, 4.69) is 36.8 Å². The number of hydrogen-bond donors (Lipinski definition) is 3. The van der Waals surface area contributed by atoms with Crippen LogP contribution in [0, 0.1) is 23.7 Å². The number of benzene rings is 1. The number of imidazole rings is 1. The number of carbonyl (C=O) groups excluding carboxylic acids is 2. The molecule has 9 heteroatoms. The molecule has 9 nitrogen and oxygen atoms in total. The number of carbonyl (C=O) groups is 2. The van der Waals surface area contributed by atoms with Crippen LogP contribution in [0.15, 0.2) is 61.1 Å². The van der Waals surface area contributed by atoms with Gasteiger partial charge in [-0.1, -0.05) is 24.1 Å². The lowest BCUT2D eigenvalue weighted by molar-refractivity contribution is -0.122. The Balaban J connectivity index is 1.26. The zero-order valence-electron chi connectivity index (χ0n) is 22.9. The predicted octanol–water partition coefficient (Wildman–Crippen LogP) is 4.36. The minimum atomic E-state index is -0.266. The van der Waals surface area contributed by atoms with Gasteiger partial charge in [-0.15, -0.1) is 0 Å². The zero-order chi connectivity index (χ0) is 28.2. The van der Waals surface area contributed by atoms with Gasteiger partial charge in [0.15, 0.2) is 0 Å². The number of anilines is 2. The van der Waals surface area contributed by atoms with E-state index in [0.29, 0.717) is 29.0 Å². The summed E-state index contributed by atoms with van der Waals surface area (Å²) in [5, 5.41) is 6.14. The summed E-state index contributed by atoms with van der Waals surface area (Å²) in [6.07, 6.45) is 11.4. The van der Waals surface area contributed by atoms with Crippen molar-refractivity contribution in [2.45, 2.75) is 56.4 Å². The smallest absolute Gasteiger partial charge is 0.296 e. The van der Waals surface area contributed by atoms with Gasteiger partial charge in [-0.05, 0) is 87.5 Å². The lowest BCUT2D eigenvalue weighted by Gasteiger charge is -2.61. The van der Waals surface area contributed by atoms with E-state index in [4.69, 9.17) is 10.7 Å². The Morgan fingerprint density at radius 3 is 2.51 bits per heavy atom. The normalized spacial score (nSPS) is 25.9. The lowest BCUT2D eigenvalue weighted by atomic mass is 9.46. The summed E-state index contributed by atoms with van der Waals surface area (Å²) in [5.74, 6) is 7.92. The molecule has 0 radical (unpaired) electrons. The summed E-state index contributed by atoms with van der Waals surface area (Å²) in [7, 11) is 0. The maximum absolute atomic E-state index is 12.8. The molecule has 4 N–H and O–H groups in total. The van der Waals surface area contributed by atoms with Crippen LogP contribution in [0.25, 0.3) is 16.8 Å². The Kier molecular flexibility index (Phi) is 5.82. The third-order valence-electron chi connectivity index (χ3n) is 9.06. The molecule has 2 atom stereocenters. The van der Waals surface area contributed by atoms with E-state index in [0.717, 1.165) is 54.7 Å². The molecular formula is C32H31N7O2. The fourth-order valence-electron chi connectivity index (χ4n) is 8.10. The molecule has 0 aliphatic heterocycles. The molecule has 4 aromatic rings. The highest BCUT2D eigenvalue weighted by molar-refractivity contribution is 6.04. The van der Waals surface area contributed by atoms with Gasteiger partial charge >= 0.3 is 0 Å². The Hall–Kier alpha value is -4.71. The van der Waals surface area contributed by atoms with Gasteiger partial charge in [0.25, 0.3) is 11.8 Å². The Bertz CT molecular complexity index is 1720. The van der Waals surface area contributed by atoms with Crippen molar-refractivity contribution in [2.24, 2.45) is 11.8 Å². The van der Waals surface area contributed by atoms with Crippen molar-refractivity contribution in [1.29, 1.82) is 0 Å². The molecule has 0 saturated heterocycles. The van der Waals surface area contributed by atoms with Crippen molar-refractivity contribution >= 4 is 29.0 Å². The van der Waals surface area contributed by atoms with Gasteiger partial charge < -0.3 is 16.4 Å². The molecule has 3 aromatic heterocycles. The Morgan fingerprint density at radius 1 is 1.02 bits per heavy atom. The molecule has 0 spiro atoms. The number of nitrogens with two attached hydrogens (primary N) is 1. The van der Waals surface area contributed by atoms with E-state index in [1.165, 1.54) is 6.42 Å². The van der Waals surface area contributed by atoms with Crippen molar-refractivity contribution in [2.75, 3.05) is 11.1 Å². The van der Waals surface area contributed by atoms with E-state index >= 15 is 0 Å². The first-order valence-corrected chi connectivity index (χ1v) is 14.1. The first kappa shape index (κ1) is 25.3. The van der Waals surface area contributed by atoms with Gasteiger partial charge in [0.1, 0.15) is 28.7 Å². The first-order chi connectivity index (χ1) is 19.9. The van der Waals surface area contributed by atoms with Crippen molar-refractivity contribution in [3.63, 3.8) is 0 Å². The van der Waals surface area contributed by atoms with Gasteiger partial charge in [-0.2, -0.15) is 0 Å². The molecule has 2 amide bonds. The number of pyridine rings is 1. The molecule has 41 heavy (non-hydrogen) atoms. The van der Waals surface area contributed by atoms with Crippen LogP contribution >= 0.6 is 0 Å². The maximum atomic E-state index is 12.8. The lowest BCUT2D eigenvalue weighted by Crippen LogP contribution is -2.64. The third kappa shape index (κ3) is 4.31. The first-order valence-electron chi connectivity index (χ1n) is 14.1. The van der Waals surface area contributed by atoms with Gasteiger partial charge in [0, 0.05) is 40.7 Å². The number of fused-ring (bicyclic) bond motifs is 1. The molecular weight excluding hydrogens is 514 g/mol. The zero-order valence-corrected chi connectivity index (χ0v) is 22.9. The molecule has 8 rings (SSSR count). The molecule has 2 unspecified atom stereocenters. The van der Waals surface area contributed by atoms with Crippen LogP contribution < -0.4 is 16.4 Å². The van der Waals surface area contributed by atoms with E-state index in [1.807, 2.05) is 24.4 Å².